The number of esters is 1. The van der Waals surface area contributed by atoms with Crippen LogP contribution in [0.2, 0.25) is 0 Å². The second kappa shape index (κ2) is 16.4. The van der Waals surface area contributed by atoms with Crippen molar-refractivity contribution in [3.8, 4) is 0 Å². The Morgan fingerprint density at radius 1 is 0.731 bits per heavy atom. The summed E-state index contributed by atoms with van der Waals surface area (Å²) in [4.78, 5) is 10.5. The van der Waals surface area contributed by atoms with Gasteiger partial charge in [0.15, 0.2) is 0 Å². The van der Waals surface area contributed by atoms with Crippen LogP contribution in [0, 0.1) is 10.8 Å². The van der Waals surface area contributed by atoms with Crippen LogP contribution in [0.3, 0.4) is 0 Å². The molecule has 0 aromatic rings. The minimum atomic E-state index is -0.667. The van der Waals surface area contributed by atoms with Gasteiger partial charge in [-0.25, -0.2) is 0 Å². The second-order valence-electron chi connectivity index (χ2n) is 6.69. The first-order chi connectivity index (χ1) is 12.4. The minimum Gasteiger partial charge on any atom is -0.466 e. The van der Waals surface area contributed by atoms with Crippen LogP contribution in [0.4, 0.5) is 0 Å². The van der Waals surface area contributed by atoms with Gasteiger partial charge in [0.05, 0.1) is 46.2 Å². The fourth-order valence-corrected chi connectivity index (χ4v) is 1.78. The maximum Gasteiger partial charge on any atom is 0.305 e. The Hall–Kier alpha value is -0.770. The molecule has 26 heavy (non-hydrogen) atoms. The Morgan fingerprint density at radius 2 is 1.12 bits per heavy atom. The highest BCUT2D eigenvalue weighted by Crippen LogP contribution is 2.18. The molecule has 1 aliphatic rings. The Kier molecular flexibility index (Phi) is 17.3. The molecular weight excluding hydrogens is 344 g/mol. The van der Waals surface area contributed by atoms with Gasteiger partial charge in [-0.1, -0.05) is 13.8 Å². The molecule has 1 rings (SSSR count). The van der Waals surface area contributed by atoms with E-state index in [4.69, 9.17) is 35.4 Å². The topological polar surface area (TPSA) is 148 Å². The number of ether oxygens (including phenoxy) is 1. The molecule has 0 saturated carbocycles. The largest absolute Gasteiger partial charge is 0.466 e. The van der Waals surface area contributed by atoms with Gasteiger partial charge in [0.2, 0.25) is 0 Å². The quantitative estimate of drug-likeness (QED) is 0.317. The number of aliphatic hydroxyl groups excluding tert-OH is 6. The molecule has 0 bridgehead atoms. The van der Waals surface area contributed by atoms with E-state index in [-0.39, 0.29) is 45.6 Å². The first-order valence-corrected chi connectivity index (χ1v) is 9.19. The van der Waals surface area contributed by atoms with Gasteiger partial charge < -0.3 is 35.4 Å². The van der Waals surface area contributed by atoms with Gasteiger partial charge >= 0.3 is 5.97 Å². The van der Waals surface area contributed by atoms with Crippen molar-refractivity contribution in [3.05, 3.63) is 0 Å². The molecule has 1 fully saturated rings. The van der Waals surface area contributed by atoms with E-state index in [2.05, 4.69) is 0 Å². The molecule has 1 aliphatic heterocycles. The number of hydrogen-bond donors (Lipinski definition) is 6. The second-order valence-corrected chi connectivity index (χ2v) is 6.69. The predicted molar refractivity (Wildman–Crippen MR) is 97.4 cm³/mol. The lowest BCUT2D eigenvalue weighted by molar-refractivity contribution is -0.142. The lowest BCUT2D eigenvalue weighted by Gasteiger charge is -2.24. The third-order valence-corrected chi connectivity index (χ3v) is 4.80. The summed E-state index contributed by atoms with van der Waals surface area (Å²) >= 11 is 0. The average Bonchev–Trinajstić information content (AvgIpc) is 2.95. The molecule has 1 saturated heterocycles. The lowest BCUT2D eigenvalue weighted by atomic mass is 9.88. The molecule has 1 heterocycles. The van der Waals surface area contributed by atoms with E-state index in [0.717, 1.165) is 19.3 Å². The molecule has 0 spiro atoms. The molecule has 0 aromatic carbocycles. The maximum absolute atomic E-state index is 10.5. The summed E-state index contributed by atoms with van der Waals surface area (Å²) in [6.07, 6.45) is 5.02. The summed E-state index contributed by atoms with van der Waals surface area (Å²) in [7, 11) is 0. The van der Waals surface area contributed by atoms with Crippen LogP contribution >= 0.6 is 0 Å². The highest BCUT2D eigenvalue weighted by molar-refractivity contribution is 5.69. The van der Waals surface area contributed by atoms with E-state index in [1.54, 1.807) is 0 Å². The number of aliphatic hydroxyl groups is 6. The van der Waals surface area contributed by atoms with Crippen LogP contribution < -0.4 is 0 Å². The van der Waals surface area contributed by atoms with E-state index < -0.39 is 10.8 Å². The molecule has 0 amide bonds. The fraction of sp³-hybridized carbons (Fsp3) is 0.944. The van der Waals surface area contributed by atoms with Crippen molar-refractivity contribution in [2.45, 2.75) is 52.4 Å². The molecule has 8 heteroatoms. The number of carbonyl (C=O) groups is 1. The van der Waals surface area contributed by atoms with Gasteiger partial charge in [0.1, 0.15) is 0 Å². The Morgan fingerprint density at radius 3 is 1.38 bits per heavy atom. The van der Waals surface area contributed by atoms with Crippen LogP contribution in [-0.4, -0.2) is 82.9 Å². The maximum atomic E-state index is 10.5. The lowest BCUT2D eigenvalue weighted by Crippen LogP contribution is -2.32. The molecule has 0 unspecified atom stereocenters. The van der Waals surface area contributed by atoms with Gasteiger partial charge in [-0.05, 0) is 32.1 Å². The van der Waals surface area contributed by atoms with Crippen molar-refractivity contribution in [2.24, 2.45) is 10.8 Å². The van der Waals surface area contributed by atoms with Crippen LogP contribution in [-0.2, 0) is 9.53 Å². The first-order valence-electron chi connectivity index (χ1n) is 9.19. The minimum absolute atomic E-state index is 0.0255. The molecule has 8 nitrogen and oxygen atoms in total. The smallest absolute Gasteiger partial charge is 0.305 e. The van der Waals surface area contributed by atoms with Crippen molar-refractivity contribution in [1.82, 2.24) is 0 Å². The zero-order valence-corrected chi connectivity index (χ0v) is 16.2. The normalized spacial score (nSPS) is 15.0. The van der Waals surface area contributed by atoms with Gasteiger partial charge in [-0.2, -0.15) is 0 Å². The van der Waals surface area contributed by atoms with Crippen LogP contribution in [0.15, 0.2) is 0 Å². The van der Waals surface area contributed by atoms with Crippen molar-refractivity contribution in [3.63, 3.8) is 0 Å². The van der Waals surface area contributed by atoms with Crippen LogP contribution in [0.25, 0.3) is 0 Å². The first kappa shape index (κ1) is 27.4. The van der Waals surface area contributed by atoms with Crippen LogP contribution in [0.1, 0.15) is 52.4 Å². The summed E-state index contributed by atoms with van der Waals surface area (Å²) in [5, 5.41) is 51.9. The highest BCUT2D eigenvalue weighted by Gasteiger charge is 2.25. The Labute approximate surface area is 156 Å². The van der Waals surface area contributed by atoms with E-state index in [0.29, 0.717) is 25.9 Å². The SMILES string of the molecule is CCC(CO)(CO)CO.CCC(CO)(CO)CO.O=C1CCCCCO1. The van der Waals surface area contributed by atoms with Gasteiger partial charge in [0, 0.05) is 17.3 Å². The summed E-state index contributed by atoms with van der Waals surface area (Å²) in [6, 6.07) is 0. The fourth-order valence-electron chi connectivity index (χ4n) is 1.78. The van der Waals surface area contributed by atoms with Crippen molar-refractivity contribution < 1.29 is 40.2 Å². The summed E-state index contributed by atoms with van der Waals surface area (Å²) < 4.78 is 4.76. The third kappa shape index (κ3) is 11.1. The number of hydrogen-bond acceptors (Lipinski definition) is 8. The Balaban J connectivity index is 0. The third-order valence-electron chi connectivity index (χ3n) is 4.80. The molecule has 0 atom stereocenters. The molecule has 6 N–H and O–H groups in total. The predicted octanol–water partition coefficient (Wildman–Crippen LogP) is -0.177. The summed E-state index contributed by atoms with van der Waals surface area (Å²) in [6.45, 7) is 3.34. The van der Waals surface area contributed by atoms with Gasteiger partial charge in [-0.3, -0.25) is 4.79 Å². The molecule has 0 radical (unpaired) electrons. The standard InChI is InChI=1S/2C6H14O3.C6H10O2/c2*1-2-6(3-7,4-8)5-9;7-6-4-2-1-3-5-8-6/h2*7-9H,2-5H2,1H3;1-5H2. The number of rotatable bonds is 8. The average molecular weight is 382 g/mol. The zero-order valence-electron chi connectivity index (χ0n) is 16.2. The Bertz CT molecular complexity index is 262. The summed E-state index contributed by atoms with van der Waals surface area (Å²) in [5.74, 6) is -0.0255. The molecule has 158 valence electrons. The van der Waals surface area contributed by atoms with E-state index in [1.165, 1.54) is 0 Å². The zero-order chi connectivity index (χ0) is 20.5. The van der Waals surface area contributed by atoms with E-state index in [1.807, 2.05) is 13.8 Å². The molecular formula is C18H38O8. The summed E-state index contributed by atoms with van der Waals surface area (Å²) in [5.41, 5.74) is -1.33. The number of carbonyl (C=O) groups excluding carboxylic acids is 1. The monoisotopic (exact) mass is 382 g/mol. The van der Waals surface area contributed by atoms with E-state index in [9.17, 15) is 4.79 Å². The highest BCUT2D eigenvalue weighted by atomic mass is 16.5. The van der Waals surface area contributed by atoms with Crippen molar-refractivity contribution in [2.75, 3.05) is 46.2 Å². The molecule has 0 aromatic heterocycles. The van der Waals surface area contributed by atoms with Gasteiger partial charge in [-0.15, -0.1) is 0 Å². The van der Waals surface area contributed by atoms with E-state index >= 15 is 0 Å². The molecule has 0 aliphatic carbocycles. The number of cyclic esters (lactones) is 1. The van der Waals surface area contributed by atoms with Crippen molar-refractivity contribution in [1.29, 1.82) is 0 Å². The van der Waals surface area contributed by atoms with Crippen molar-refractivity contribution >= 4 is 5.97 Å². The van der Waals surface area contributed by atoms with Crippen LogP contribution in [0.5, 0.6) is 0 Å². The van der Waals surface area contributed by atoms with Gasteiger partial charge in [0.25, 0.3) is 0 Å².